The van der Waals surface area contributed by atoms with Crippen molar-refractivity contribution in [3.63, 3.8) is 0 Å². The summed E-state index contributed by atoms with van der Waals surface area (Å²) in [6.45, 7) is 15.9. The van der Waals surface area contributed by atoms with Crippen molar-refractivity contribution in [2.45, 2.75) is 144 Å². The van der Waals surface area contributed by atoms with Crippen LogP contribution in [-0.2, 0) is 23.8 Å². The standard InChI is InChI=1S/C37H54O6/c1-8-9-15-28(41-31(38)16-12-17-32(39)42-29-22-24-18-20-36(29,6)34(24,2)3)26-13-10-11-14-27(26)33(40)43-30-23-25-19-21-37(30,7)35(25,4)5/h10-11,13-14,24-25,28-30H,8-9,12,15-23H2,1-7H3/t24-,25-,28?,29?,30+,36+,37+/m0/s1. The normalized spacial score (nSPS) is 33.7. The van der Waals surface area contributed by atoms with Crippen LogP contribution in [0.5, 0.6) is 0 Å². The molecule has 1 aromatic rings. The summed E-state index contributed by atoms with van der Waals surface area (Å²) in [5, 5.41) is 0. The quantitative estimate of drug-likeness (QED) is 0.178. The molecule has 0 N–H and O–H groups in total. The van der Waals surface area contributed by atoms with E-state index in [4.69, 9.17) is 14.2 Å². The van der Waals surface area contributed by atoms with E-state index in [1.807, 2.05) is 18.2 Å². The molecule has 43 heavy (non-hydrogen) atoms. The molecule has 0 spiro atoms. The Morgan fingerprint density at radius 1 is 0.791 bits per heavy atom. The maximum Gasteiger partial charge on any atom is 0.338 e. The van der Waals surface area contributed by atoms with Crippen LogP contribution in [-0.4, -0.2) is 30.1 Å². The zero-order valence-corrected chi connectivity index (χ0v) is 27.6. The molecule has 5 rings (SSSR count). The topological polar surface area (TPSA) is 78.9 Å². The number of rotatable bonds is 12. The van der Waals surface area contributed by atoms with Crippen molar-refractivity contribution < 1.29 is 28.6 Å². The first-order valence-electron chi connectivity index (χ1n) is 16.9. The van der Waals surface area contributed by atoms with E-state index in [1.165, 1.54) is 12.8 Å². The molecule has 0 aromatic heterocycles. The number of hydrogen-bond acceptors (Lipinski definition) is 6. The van der Waals surface area contributed by atoms with Crippen LogP contribution in [0.3, 0.4) is 0 Å². The highest BCUT2D eigenvalue weighted by atomic mass is 16.6. The van der Waals surface area contributed by atoms with Crippen LogP contribution in [0.25, 0.3) is 0 Å². The second kappa shape index (κ2) is 11.9. The third-order valence-electron chi connectivity index (χ3n) is 13.3. The van der Waals surface area contributed by atoms with Gasteiger partial charge in [0.25, 0.3) is 0 Å². The Morgan fingerprint density at radius 3 is 1.88 bits per heavy atom. The number of ether oxygens (including phenoxy) is 3. The number of fused-ring (bicyclic) bond motifs is 4. The number of hydrogen-bond donors (Lipinski definition) is 0. The Balaban J connectivity index is 1.17. The molecule has 0 radical (unpaired) electrons. The molecule has 0 amide bonds. The number of esters is 3. The predicted molar refractivity (Wildman–Crippen MR) is 166 cm³/mol. The summed E-state index contributed by atoms with van der Waals surface area (Å²) in [6.07, 6.45) is 8.91. The van der Waals surface area contributed by atoms with Crippen molar-refractivity contribution in [3.8, 4) is 0 Å². The van der Waals surface area contributed by atoms with Gasteiger partial charge in [0.15, 0.2) is 0 Å². The Hall–Kier alpha value is -2.37. The fourth-order valence-electron chi connectivity index (χ4n) is 9.25. The molecule has 4 aliphatic carbocycles. The third kappa shape index (κ3) is 5.54. The monoisotopic (exact) mass is 594 g/mol. The van der Waals surface area contributed by atoms with Crippen LogP contribution in [0.15, 0.2) is 24.3 Å². The van der Waals surface area contributed by atoms with Crippen LogP contribution in [0, 0.1) is 33.5 Å². The molecule has 1 aromatic carbocycles. The molecule has 0 saturated heterocycles. The van der Waals surface area contributed by atoms with Gasteiger partial charge in [0.2, 0.25) is 0 Å². The highest BCUT2D eigenvalue weighted by molar-refractivity contribution is 5.91. The average Bonchev–Trinajstić information content (AvgIpc) is 3.47. The molecule has 238 valence electrons. The number of benzene rings is 1. The second-order valence-corrected chi connectivity index (χ2v) is 15.7. The summed E-state index contributed by atoms with van der Waals surface area (Å²) < 4.78 is 18.2. The first kappa shape index (κ1) is 32.0. The molecule has 4 fully saturated rings. The molecular weight excluding hydrogens is 540 g/mol. The summed E-state index contributed by atoms with van der Waals surface area (Å²) >= 11 is 0. The van der Waals surface area contributed by atoms with Crippen molar-refractivity contribution in [2.75, 3.05) is 0 Å². The lowest BCUT2D eigenvalue weighted by Gasteiger charge is -2.38. The first-order chi connectivity index (χ1) is 20.2. The van der Waals surface area contributed by atoms with Crippen LogP contribution < -0.4 is 0 Å². The maximum absolute atomic E-state index is 13.6. The SMILES string of the molecule is CCCCC(OC(=O)CCCC(=O)OC1C[C@@H]2CC[C@@]1(C)C2(C)C)c1ccccc1C(=O)O[C@@H]1C[C@@H]2CC[C@@]1(C)C2(C)C. The van der Waals surface area contributed by atoms with Crippen LogP contribution in [0.1, 0.15) is 148 Å². The third-order valence-corrected chi connectivity index (χ3v) is 13.3. The molecule has 0 aliphatic heterocycles. The minimum atomic E-state index is -0.536. The molecule has 4 aliphatic rings. The van der Waals surface area contributed by atoms with Gasteiger partial charge >= 0.3 is 17.9 Å². The summed E-state index contributed by atoms with van der Waals surface area (Å²) in [7, 11) is 0. The van der Waals surface area contributed by atoms with Crippen molar-refractivity contribution in [1.29, 1.82) is 0 Å². The van der Waals surface area contributed by atoms with Gasteiger partial charge < -0.3 is 14.2 Å². The smallest absolute Gasteiger partial charge is 0.338 e. The minimum Gasteiger partial charge on any atom is -0.462 e. The lowest BCUT2D eigenvalue weighted by Crippen LogP contribution is -2.38. The Labute approximate surface area is 259 Å². The fraction of sp³-hybridized carbons (Fsp3) is 0.757. The summed E-state index contributed by atoms with van der Waals surface area (Å²) in [6, 6.07) is 7.40. The fourth-order valence-corrected chi connectivity index (χ4v) is 9.25. The van der Waals surface area contributed by atoms with Crippen molar-refractivity contribution >= 4 is 17.9 Å². The molecule has 4 saturated carbocycles. The molecule has 2 unspecified atom stereocenters. The van der Waals surface area contributed by atoms with E-state index in [1.54, 1.807) is 6.07 Å². The predicted octanol–water partition coefficient (Wildman–Crippen LogP) is 8.76. The molecular formula is C37H54O6. The summed E-state index contributed by atoms with van der Waals surface area (Å²) in [5.74, 6) is 0.268. The van der Waals surface area contributed by atoms with E-state index in [0.717, 1.165) is 38.5 Å². The van der Waals surface area contributed by atoms with Gasteiger partial charge in [-0.2, -0.15) is 0 Å². The number of unbranched alkanes of at least 4 members (excludes halogenated alkanes) is 1. The molecule has 6 nitrogen and oxygen atoms in total. The van der Waals surface area contributed by atoms with E-state index in [2.05, 4.69) is 48.5 Å². The summed E-state index contributed by atoms with van der Waals surface area (Å²) in [4.78, 5) is 39.4. The zero-order chi connectivity index (χ0) is 31.2. The number of carbonyl (C=O) groups excluding carboxylic acids is 3. The minimum absolute atomic E-state index is 0.0250. The van der Waals surface area contributed by atoms with Crippen molar-refractivity contribution in [2.24, 2.45) is 33.5 Å². The van der Waals surface area contributed by atoms with Crippen LogP contribution in [0.4, 0.5) is 0 Å². The van der Waals surface area contributed by atoms with E-state index in [0.29, 0.717) is 35.8 Å². The molecule has 0 heterocycles. The average molecular weight is 595 g/mol. The van der Waals surface area contributed by atoms with E-state index in [-0.39, 0.29) is 64.6 Å². The Kier molecular flexibility index (Phi) is 8.83. The van der Waals surface area contributed by atoms with Gasteiger partial charge in [-0.05, 0) is 86.5 Å². The van der Waals surface area contributed by atoms with Gasteiger partial charge in [-0.3, -0.25) is 9.59 Å². The Morgan fingerprint density at radius 2 is 1.35 bits per heavy atom. The maximum atomic E-state index is 13.6. The zero-order valence-electron chi connectivity index (χ0n) is 27.6. The van der Waals surface area contributed by atoms with Gasteiger partial charge in [-0.15, -0.1) is 0 Å². The largest absolute Gasteiger partial charge is 0.462 e. The second-order valence-electron chi connectivity index (χ2n) is 15.7. The van der Waals surface area contributed by atoms with E-state index >= 15 is 0 Å². The lowest BCUT2D eigenvalue weighted by atomic mass is 9.70. The van der Waals surface area contributed by atoms with Gasteiger partial charge in [0.05, 0.1) is 5.56 Å². The van der Waals surface area contributed by atoms with Gasteiger partial charge in [-0.25, -0.2) is 4.79 Å². The van der Waals surface area contributed by atoms with Gasteiger partial charge in [0.1, 0.15) is 18.3 Å². The van der Waals surface area contributed by atoms with Crippen LogP contribution >= 0.6 is 0 Å². The molecule has 6 heteroatoms. The van der Waals surface area contributed by atoms with Crippen molar-refractivity contribution in [3.05, 3.63) is 35.4 Å². The lowest BCUT2D eigenvalue weighted by molar-refractivity contribution is -0.157. The number of carbonyl (C=O) groups is 3. The van der Waals surface area contributed by atoms with E-state index in [9.17, 15) is 14.4 Å². The van der Waals surface area contributed by atoms with Crippen molar-refractivity contribution in [1.82, 2.24) is 0 Å². The Bertz CT molecular complexity index is 1220. The highest BCUT2D eigenvalue weighted by Gasteiger charge is 2.64. The van der Waals surface area contributed by atoms with Crippen LogP contribution in [0.2, 0.25) is 0 Å². The molecule has 7 atom stereocenters. The highest BCUT2D eigenvalue weighted by Crippen LogP contribution is 2.67. The van der Waals surface area contributed by atoms with E-state index < -0.39 is 6.10 Å². The molecule has 4 bridgehead atoms. The summed E-state index contributed by atoms with van der Waals surface area (Å²) in [5.41, 5.74) is 1.51. The first-order valence-corrected chi connectivity index (χ1v) is 16.9. The van der Waals surface area contributed by atoms with Gasteiger partial charge in [-0.1, -0.05) is 73.1 Å². The van der Waals surface area contributed by atoms with Gasteiger partial charge in [0, 0.05) is 29.2 Å².